The average molecular weight is 499 g/mol. The van der Waals surface area contributed by atoms with E-state index < -0.39 is 0 Å². The summed E-state index contributed by atoms with van der Waals surface area (Å²) in [5, 5.41) is 2.94. The van der Waals surface area contributed by atoms with Crippen LogP contribution in [0.3, 0.4) is 0 Å². The van der Waals surface area contributed by atoms with Crippen LogP contribution in [0.1, 0.15) is 42.3 Å². The van der Waals surface area contributed by atoms with Gasteiger partial charge in [-0.3, -0.25) is 9.59 Å². The summed E-state index contributed by atoms with van der Waals surface area (Å²) in [5.74, 6) is 0.722. The molecule has 1 aliphatic heterocycles. The number of amides is 2. The maximum atomic E-state index is 13.4. The molecule has 35 heavy (non-hydrogen) atoms. The Kier molecular flexibility index (Phi) is 6.75. The van der Waals surface area contributed by atoms with E-state index in [1.165, 1.54) is 14.6 Å². The van der Waals surface area contributed by atoms with Crippen LogP contribution in [0, 0.1) is 13.8 Å². The van der Waals surface area contributed by atoms with Gasteiger partial charge in [0.1, 0.15) is 0 Å². The zero-order valence-electron chi connectivity index (χ0n) is 19.7. The minimum atomic E-state index is -0.150. The van der Waals surface area contributed by atoms with E-state index in [4.69, 9.17) is 0 Å². The van der Waals surface area contributed by atoms with Gasteiger partial charge in [-0.25, -0.2) is 0 Å². The summed E-state index contributed by atoms with van der Waals surface area (Å²) >= 11 is 3.60. The first-order valence-corrected chi connectivity index (χ1v) is 13.4. The second kappa shape index (κ2) is 10.1. The van der Waals surface area contributed by atoms with Crippen molar-refractivity contribution < 1.29 is 9.59 Å². The highest BCUT2D eigenvalue weighted by Crippen LogP contribution is 2.42. The highest BCUT2D eigenvalue weighted by Gasteiger charge is 2.26. The molecular formula is C29H26N2O2S2. The average Bonchev–Trinajstić information content (AvgIpc) is 3.27. The number of nitrogens with zero attached hydrogens (tertiary/aromatic N) is 1. The van der Waals surface area contributed by atoms with Crippen LogP contribution in [-0.4, -0.2) is 24.1 Å². The molecule has 0 fully saturated rings. The SMILES string of the molecule is Cc1ccc(C(=O)Nc2ccc(C(=O)N3CCSc4sc(Cc5ccccc5)cc43)cc2)c(C)c1. The smallest absolute Gasteiger partial charge is 0.258 e. The molecule has 0 aliphatic carbocycles. The minimum Gasteiger partial charge on any atom is -0.322 e. The molecule has 1 aromatic heterocycles. The number of aryl methyl sites for hydroxylation is 2. The number of carbonyl (C=O) groups is 2. The van der Waals surface area contributed by atoms with Gasteiger partial charge in [0.2, 0.25) is 0 Å². The zero-order chi connectivity index (χ0) is 24.4. The molecule has 0 atom stereocenters. The molecule has 176 valence electrons. The van der Waals surface area contributed by atoms with Crippen LogP contribution in [0.15, 0.2) is 83.1 Å². The van der Waals surface area contributed by atoms with Gasteiger partial charge in [0.25, 0.3) is 11.8 Å². The van der Waals surface area contributed by atoms with Crippen LogP contribution in [0.25, 0.3) is 0 Å². The van der Waals surface area contributed by atoms with Crippen LogP contribution < -0.4 is 10.2 Å². The second-order valence-corrected chi connectivity index (χ2v) is 11.2. The Balaban J connectivity index is 1.30. The van der Waals surface area contributed by atoms with E-state index in [-0.39, 0.29) is 11.8 Å². The number of thiophene rings is 1. The molecule has 0 spiro atoms. The van der Waals surface area contributed by atoms with E-state index in [9.17, 15) is 9.59 Å². The van der Waals surface area contributed by atoms with Crippen molar-refractivity contribution in [2.24, 2.45) is 0 Å². The lowest BCUT2D eigenvalue weighted by atomic mass is 10.1. The summed E-state index contributed by atoms with van der Waals surface area (Å²) in [7, 11) is 0. The number of thioether (sulfide) groups is 1. The maximum absolute atomic E-state index is 13.4. The van der Waals surface area contributed by atoms with Gasteiger partial charge >= 0.3 is 0 Å². The van der Waals surface area contributed by atoms with Crippen molar-refractivity contribution in [2.75, 3.05) is 22.5 Å². The summed E-state index contributed by atoms with van der Waals surface area (Å²) in [6.45, 7) is 4.63. The van der Waals surface area contributed by atoms with Gasteiger partial charge in [0, 0.05) is 40.4 Å². The van der Waals surface area contributed by atoms with E-state index in [1.54, 1.807) is 35.6 Å². The molecule has 1 aliphatic rings. The Morgan fingerprint density at radius 1 is 0.943 bits per heavy atom. The standard InChI is InChI=1S/C29H26N2O2S2/c1-19-8-13-25(20(2)16-19)27(32)30-23-11-9-22(10-12-23)28(33)31-14-15-34-29-26(31)18-24(35-29)17-21-6-4-3-5-7-21/h3-13,16,18H,14-15,17H2,1-2H3,(H,30,32). The highest BCUT2D eigenvalue weighted by molar-refractivity contribution is 8.01. The van der Waals surface area contributed by atoms with Gasteiger partial charge in [-0.05, 0) is 61.4 Å². The van der Waals surface area contributed by atoms with Crippen molar-refractivity contribution in [1.82, 2.24) is 0 Å². The molecule has 2 amide bonds. The fourth-order valence-corrected chi connectivity index (χ4v) is 6.77. The molecular weight excluding hydrogens is 472 g/mol. The number of anilines is 2. The maximum Gasteiger partial charge on any atom is 0.258 e. The zero-order valence-corrected chi connectivity index (χ0v) is 21.3. The van der Waals surface area contributed by atoms with Gasteiger partial charge in [0.05, 0.1) is 9.90 Å². The Morgan fingerprint density at radius 2 is 1.71 bits per heavy atom. The van der Waals surface area contributed by atoms with Crippen LogP contribution in [0.5, 0.6) is 0 Å². The quantitative estimate of drug-likeness (QED) is 0.324. The van der Waals surface area contributed by atoms with E-state index in [0.29, 0.717) is 23.4 Å². The fourth-order valence-electron chi connectivity index (χ4n) is 4.27. The van der Waals surface area contributed by atoms with Gasteiger partial charge in [-0.15, -0.1) is 23.1 Å². The Morgan fingerprint density at radius 3 is 2.46 bits per heavy atom. The summed E-state index contributed by atoms with van der Waals surface area (Å²) < 4.78 is 1.20. The van der Waals surface area contributed by atoms with Crippen molar-refractivity contribution in [3.05, 3.63) is 112 Å². The molecule has 0 radical (unpaired) electrons. The monoisotopic (exact) mass is 498 g/mol. The van der Waals surface area contributed by atoms with E-state index in [2.05, 4.69) is 35.6 Å². The lowest BCUT2D eigenvalue weighted by Crippen LogP contribution is -2.34. The minimum absolute atomic E-state index is 0.0112. The molecule has 0 bridgehead atoms. The lowest BCUT2D eigenvalue weighted by Gasteiger charge is -2.26. The summed E-state index contributed by atoms with van der Waals surface area (Å²) in [5.41, 5.74) is 6.28. The first-order chi connectivity index (χ1) is 17.0. The van der Waals surface area contributed by atoms with Crippen LogP contribution in [0.4, 0.5) is 11.4 Å². The predicted molar refractivity (Wildman–Crippen MR) is 146 cm³/mol. The normalized spacial score (nSPS) is 12.8. The molecule has 4 aromatic rings. The predicted octanol–water partition coefficient (Wildman–Crippen LogP) is 6.96. The Hall–Kier alpha value is -3.35. The number of benzene rings is 3. The van der Waals surface area contributed by atoms with Gasteiger partial charge in [-0.1, -0.05) is 48.0 Å². The lowest BCUT2D eigenvalue weighted by molar-refractivity contribution is 0.0986. The molecule has 1 N–H and O–H groups in total. The highest BCUT2D eigenvalue weighted by atomic mass is 32.2. The van der Waals surface area contributed by atoms with Crippen LogP contribution >= 0.6 is 23.1 Å². The molecule has 5 rings (SSSR count). The van der Waals surface area contributed by atoms with Gasteiger partial charge < -0.3 is 10.2 Å². The van der Waals surface area contributed by atoms with Gasteiger partial charge in [-0.2, -0.15) is 0 Å². The number of nitrogens with one attached hydrogen (secondary N) is 1. The summed E-state index contributed by atoms with van der Waals surface area (Å²) in [6.07, 6.45) is 0.871. The fraction of sp³-hybridized carbons (Fsp3) is 0.172. The van der Waals surface area contributed by atoms with E-state index in [1.807, 2.05) is 54.8 Å². The van der Waals surface area contributed by atoms with Crippen molar-refractivity contribution in [2.45, 2.75) is 24.5 Å². The molecule has 2 heterocycles. The molecule has 6 heteroatoms. The first kappa shape index (κ1) is 23.4. The molecule has 0 saturated heterocycles. The van der Waals surface area contributed by atoms with Crippen molar-refractivity contribution in [1.29, 1.82) is 0 Å². The second-order valence-electron chi connectivity index (χ2n) is 8.70. The van der Waals surface area contributed by atoms with E-state index in [0.717, 1.165) is 29.0 Å². The number of hydrogen-bond donors (Lipinski definition) is 1. The van der Waals surface area contributed by atoms with Crippen molar-refractivity contribution >= 4 is 46.3 Å². The van der Waals surface area contributed by atoms with Crippen LogP contribution in [0.2, 0.25) is 0 Å². The third kappa shape index (κ3) is 5.19. The Bertz CT molecular complexity index is 1380. The Labute approximate surface area is 214 Å². The molecule has 4 nitrogen and oxygen atoms in total. The third-order valence-electron chi connectivity index (χ3n) is 6.05. The number of hydrogen-bond acceptors (Lipinski definition) is 4. The molecule has 0 unspecified atom stereocenters. The van der Waals surface area contributed by atoms with Crippen LogP contribution in [-0.2, 0) is 6.42 Å². The first-order valence-electron chi connectivity index (χ1n) is 11.6. The third-order valence-corrected chi connectivity index (χ3v) is 8.43. The van der Waals surface area contributed by atoms with Gasteiger partial charge in [0.15, 0.2) is 0 Å². The number of carbonyl (C=O) groups excluding carboxylic acids is 2. The molecule has 0 saturated carbocycles. The largest absolute Gasteiger partial charge is 0.322 e. The van der Waals surface area contributed by atoms with E-state index >= 15 is 0 Å². The topological polar surface area (TPSA) is 49.4 Å². The van der Waals surface area contributed by atoms with Crippen molar-refractivity contribution in [3.8, 4) is 0 Å². The number of rotatable bonds is 5. The summed E-state index contributed by atoms with van der Waals surface area (Å²) in [4.78, 5) is 29.2. The molecule has 3 aromatic carbocycles. The number of fused-ring (bicyclic) bond motifs is 1. The summed E-state index contributed by atoms with van der Waals surface area (Å²) in [6, 6.07) is 25.5. The van der Waals surface area contributed by atoms with Crippen molar-refractivity contribution in [3.63, 3.8) is 0 Å².